The standard InChI is InChI=1S/C25H30N2O4/c1-3-23(28)27-21-11-7-8-19(16-21)17-24(29)26-18(2)25(20-9-5-4-6-10-20)31-22-12-14-30-15-13-22/h3-11,16,18,22,25H,1,12-15,17H2,2H3,(H,26,29)(H,27,28). The van der Waals surface area contributed by atoms with Crippen molar-refractivity contribution in [2.24, 2.45) is 0 Å². The molecule has 6 heteroatoms. The van der Waals surface area contributed by atoms with Gasteiger partial charge in [-0.15, -0.1) is 0 Å². The van der Waals surface area contributed by atoms with Crippen molar-refractivity contribution in [3.63, 3.8) is 0 Å². The van der Waals surface area contributed by atoms with Crippen LogP contribution < -0.4 is 10.6 Å². The molecule has 2 unspecified atom stereocenters. The second kappa shape index (κ2) is 11.4. The molecule has 0 bridgehead atoms. The third-order valence-corrected chi connectivity index (χ3v) is 5.22. The van der Waals surface area contributed by atoms with Gasteiger partial charge in [0.15, 0.2) is 0 Å². The molecule has 31 heavy (non-hydrogen) atoms. The Hall–Kier alpha value is -2.96. The molecule has 0 radical (unpaired) electrons. The normalized spacial score (nSPS) is 16.2. The van der Waals surface area contributed by atoms with Gasteiger partial charge < -0.3 is 20.1 Å². The third-order valence-electron chi connectivity index (χ3n) is 5.22. The van der Waals surface area contributed by atoms with Gasteiger partial charge in [0.05, 0.1) is 18.6 Å². The summed E-state index contributed by atoms with van der Waals surface area (Å²) in [5.74, 6) is -0.387. The zero-order valence-corrected chi connectivity index (χ0v) is 17.9. The molecule has 2 aromatic rings. The van der Waals surface area contributed by atoms with Crippen LogP contribution in [0.3, 0.4) is 0 Å². The van der Waals surface area contributed by atoms with Gasteiger partial charge in [0.1, 0.15) is 6.10 Å². The predicted octanol–water partition coefficient (Wildman–Crippen LogP) is 3.80. The van der Waals surface area contributed by atoms with Gasteiger partial charge in [0.25, 0.3) is 0 Å². The summed E-state index contributed by atoms with van der Waals surface area (Å²) < 4.78 is 11.9. The van der Waals surface area contributed by atoms with Crippen LogP contribution in [0.4, 0.5) is 5.69 Å². The van der Waals surface area contributed by atoms with Crippen LogP contribution >= 0.6 is 0 Å². The van der Waals surface area contributed by atoms with Crippen molar-refractivity contribution >= 4 is 17.5 Å². The number of hydrogen-bond donors (Lipinski definition) is 2. The van der Waals surface area contributed by atoms with E-state index in [-0.39, 0.29) is 36.5 Å². The van der Waals surface area contributed by atoms with Crippen LogP contribution in [0.2, 0.25) is 0 Å². The number of benzene rings is 2. The molecule has 1 aliphatic heterocycles. The van der Waals surface area contributed by atoms with Crippen LogP contribution in [0, 0.1) is 0 Å². The molecule has 1 fully saturated rings. The van der Waals surface area contributed by atoms with Gasteiger partial charge in [0, 0.05) is 18.9 Å². The summed E-state index contributed by atoms with van der Waals surface area (Å²) in [6, 6.07) is 17.0. The van der Waals surface area contributed by atoms with Crippen LogP contribution in [0.5, 0.6) is 0 Å². The van der Waals surface area contributed by atoms with Gasteiger partial charge in [-0.2, -0.15) is 0 Å². The third kappa shape index (κ3) is 7.05. The second-order valence-electron chi connectivity index (χ2n) is 7.71. The molecule has 1 aliphatic rings. The maximum atomic E-state index is 12.8. The van der Waals surface area contributed by atoms with E-state index in [2.05, 4.69) is 17.2 Å². The fourth-order valence-electron chi connectivity index (χ4n) is 3.67. The molecule has 1 saturated heterocycles. The fourth-order valence-corrected chi connectivity index (χ4v) is 3.67. The SMILES string of the molecule is C=CC(=O)Nc1cccc(CC(=O)NC(C)C(OC2CCOCC2)c2ccccc2)c1. The topological polar surface area (TPSA) is 76.7 Å². The number of amides is 2. The second-order valence-corrected chi connectivity index (χ2v) is 7.71. The van der Waals surface area contributed by atoms with E-state index in [4.69, 9.17) is 9.47 Å². The number of ether oxygens (including phenoxy) is 2. The van der Waals surface area contributed by atoms with E-state index in [1.165, 1.54) is 6.08 Å². The largest absolute Gasteiger partial charge is 0.381 e. The molecule has 6 nitrogen and oxygen atoms in total. The van der Waals surface area contributed by atoms with Crippen LogP contribution in [-0.4, -0.2) is 37.2 Å². The molecule has 0 saturated carbocycles. The van der Waals surface area contributed by atoms with E-state index < -0.39 is 0 Å². The molecule has 2 aromatic carbocycles. The highest BCUT2D eigenvalue weighted by molar-refractivity contribution is 5.98. The number of carbonyl (C=O) groups excluding carboxylic acids is 2. The molecule has 164 valence electrons. The Morgan fingerprint density at radius 1 is 1.16 bits per heavy atom. The first-order valence-electron chi connectivity index (χ1n) is 10.6. The Morgan fingerprint density at radius 2 is 1.90 bits per heavy atom. The Balaban J connectivity index is 1.64. The van der Waals surface area contributed by atoms with Gasteiger partial charge in [-0.3, -0.25) is 9.59 Å². The van der Waals surface area contributed by atoms with Gasteiger partial charge in [0.2, 0.25) is 11.8 Å². The molecule has 0 aromatic heterocycles. The number of hydrogen-bond acceptors (Lipinski definition) is 4. The highest BCUT2D eigenvalue weighted by Crippen LogP contribution is 2.26. The van der Waals surface area contributed by atoms with E-state index in [1.54, 1.807) is 12.1 Å². The molecule has 0 spiro atoms. The number of anilines is 1. The lowest BCUT2D eigenvalue weighted by atomic mass is 10.0. The molecule has 1 heterocycles. The fraction of sp³-hybridized carbons (Fsp3) is 0.360. The zero-order chi connectivity index (χ0) is 22.1. The average molecular weight is 423 g/mol. The smallest absolute Gasteiger partial charge is 0.247 e. The zero-order valence-electron chi connectivity index (χ0n) is 17.9. The van der Waals surface area contributed by atoms with Crippen LogP contribution in [0.1, 0.15) is 37.0 Å². The van der Waals surface area contributed by atoms with E-state index in [0.717, 1.165) is 24.0 Å². The Morgan fingerprint density at radius 3 is 2.61 bits per heavy atom. The first-order valence-corrected chi connectivity index (χ1v) is 10.6. The minimum absolute atomic E-state index is 0.101. The molecular weight excluding hydrogens is 392 g/mol. The summed E-state index contributed by atoms with van der Waals surface area (Å²) in [6.45, 7) is 6.82. The Labute approximate surface area is 183 Å². The van der Waals surface area contributed by atoms with Gasteiger partial charge in [-0.1, -0.05) is 49.0 Å². The molecule has 2 amide bonds. The maximum absolute atomic E-state index is 12.8. The summed E-state index contributed by atoms with van der Waals surface area (Å²) >= 11 is 0. The van der Waals surface area contributed by atoms with Crippen molar-refractivity contribution in [2.75, 3.05) is 18.5 Å². The van der Waals surface area contributed by atoms with Crippen molar-refractivity contribution in [3.8, 4) is 0 Å². The summed E-state index contributed by atoms with van der Waals surface area (Å²) in [5, 5.41) is 5.80. The van der Waals surface area contributed by atoms with Crippen molar-refractivity contribution < 1.29 is 19.1 Å². The Kier molecular flexibility index (Phi) is 8.38. The molecule has 0 aliphatic carbocycles. The highest BCUT2D eigenvalue weighted by Gasteiger charge is 2.26. The molecular formula is C25H30N2O4. The van der Waals surface area contributed by atoms with Crippen LogP contribution in [0.25, 0.3) is 0 Å². The molecule has 3 rings (SSSR count). The van der Waals surface area contributed by atoms with Crippen LogP contribution in [0.15, 0.2) is 67.3 Å². The number of carbonyl (C=O) groups is 2. The van der Waals surface area contributed by atoms with E-state index >= 15 is 0 Å². The maximum Gasteiger partial charge on any atom is 0.247 e. The van der Waals surface area contributed by atoms with E-state index in [9.17, 15) is 9.59 Å². The lowest BCUT2D eigenvalue weighted by Gasteiger charge is -2.32. The first kappa shape index (κ1) is 22.7. The average Bonchev–Trinajstić information content (AvgIpc) is 2.78. The van der Waals surface area contributed by atoms with Crippen molar-refractivity contribution in [1.29, 1.82) is 0 Å². The van der Waals surface area contributed by atoms with Gasteiger partial charge in [-0.05, 0) is 49.1 Å². The van der Waals surface area contributed by atoms with Crippen molar-refractivity contribution in [3.05, 3.63) is 78.4 Å². The monoisotopic (exact) mass is 422 g/mol. The summed E-state index contributed by atoms with van der Waals surface area (Å²) in [7, 11) is 0. The summed E-state index contributed by atoms with van der Waals surface area (Å²) in [4.78, 5) is 24.3. The predicted molar refractivity (Wildman–Crippen MR) is 121 cm³/mol. The lowest BCUT2D eigenvalue weighted by molar-refractivity contribution is -0.124. The van der Waals surface area contributed by atoms with Crippen LogP contribution in [-0.2, 0) is 25.5 Å². The number of rotatable bonds is 9. The lowest BCUT2D eigenvalue weighted by Crippen LogP contribution is -2.40. The van der Waals surface area contributed by atoms with E-state index in [0.29, 0.717) is 18.9 Å². The van der Waals surface area contributed by atoms with Gasteiger partial charge >= 0.3 is 0 Å². The van der Waals surface area contributed by atoms with Gasteiger partial charge in [-0.25, -0.2) is 0 Å². The van der Waals surface area contributed by atoms with Crippen molar-refractivity contribution in [1.82, 2.24) is 5.32 Å². The summed E-state index contributed by atoms with van der Waals surface area (Å²) in [5.41, 5.74) is 2.48. The Bertz CT molecular complexity index is 878. The minimum atomic E-state index is -0.286. The van der Waals surface area contributed by atoms with Crippen molar-refractivity contribution in [2.45, 2.75) is 44.4 Å². The molecule has 2 N–H and O–H groups in total. The summed E-state index contributed by atoms with van der Waals surface area (Å²) in [6.07, 6.45) is 3.00. The minimum Gasteiger partial charge on any atom is -0.381 e. The first-order chi connectivity index (χ1) is 15.0. The number of nitrogens with one attached hydrogen (secondary N) is 2. The molecule has 2 atom stereocenters. The quantitative estimate of drug-likeness (QED) is 0.603. The van der Waals surface area contributed by atoms with E-state index in [1.807, 2.05) is 49.4 Å². The highest BCUT2D eigenvalue weighted by atomic mass is 16.5.